The summed E-state index contributed by atoms with van der Waals surface area (Å²) in [5.74, 6) is 0. The van der Waals surface area contributed by atoms with Gasteiger partial charge in [-0.05, 0) is 139 Å². The van der Waals surface area contributed by atoms with E-state index in [1.807, 2.05) is 0 Å². The van der Waals surface area contributed by atoms with Gasteiger partial charge in [-0.25, -0.2) is 0 Å². The lowest BCUT2D eigenvalue weighted by Crippen LogP contribution is -2.11. The zero-order valence-corrected chi connectivity index (χ0v) is 33.2. The standard InChI is InChI=1S/C56H43N3/c1-40-20-15-16-31-49(40)51-39-56-52(36-41(51)2)53-38-48(34-35-55(53)59(56)46-28-13-6-14-29-46)57(43-22-7-3-8-23-43)47-30-19-21-42(37-47)50-32-17-18-33-54(50)58(44-24-9-4-10-25-44)45-26-11-5-12-27-45/h3-39H,1-2H3. The van der Waals surface area contributed by atoms with Crippen LogP contribution in [0.2, 0.25) is 0 Å². The minimum atomic E-state index is 1.08. The summed E-state index contributed by atoms with van der Waals surface area (Å²) in [4.78, 5) is 4.73. The molecule has 0 saturated heterocycles. The molecule has 3 nitrogen and oxygen atoms in total. The third-order valence-corrected chi connectivity index (χ3v) is 11.4. The fourth-order valence-electron chi connectivity index (χ4n) is 8.65. The van der Waals surface area contributed by atoms with Gasteiger partial charge >= 0.3 is 0 Å². The van der Waals surface area contributed by atoms with Gasteiger partial charge in [0.2, 0.25) is 0 Å². The van der Waals surface area contributed by atoms with E-state index >= 15 is 0 Å². The number of aromatic nitrogens is 1. The number of nitrogens with zero attached hydrogens (tertiary/aromatic N) is 3. The highest BCUT2D eigenvalue weighted by molar-refractivity contribution is 6.12. The van der Waals surface area contributed by atoms with E-state index in [9.17, 15) is 0 Å². The second kappa shape index (κ2) is 15.4. The number of benzene rings is 9. The van der Waals surface area contributed by atoms with E-state index in [-0.39, 0.29) is 0 Å². The second-order valence-electron chi connectivity index (χ2n) is 15.1. The lowest BCUT2D eigenvalue weighted by molar-refractivity contribution is 1.18. The van der Waals surface area contributed by atoms with Gasteiger partial charge in [-0.3, -0.25) is 0 Å². The Bertz CT molecular complexity index is 3020. The molecule has 282 valence electrons. The number of hydrogen-bond acceptors (Lipinski definition) is 2. The average molecular weight is 758 g/mol. The molecule has 0 atom stereocenters. The maximum atomic E-state index is 2.42. The Hall–Kier alpha value is -7.62. The van der Waals surface area contributed by atoms with E-state index in [0.29, 0.717) is 0 Å². The fourth-order valence-corrected chi connectivity index (χ4v) is 8.65. The van der Waals surface area contributed by atoms with Crippen molar-refractivity contribution in [3.63, 3.8) is 0 Å². The van der Waals surface area contributed by atoms with E-state index < -0.39 is 0 Å². The van der Waals surface area contributed by atoms with Gasteiger partial charge in [0.25, 0.3) is 0 Å². The molecule has 3 heteroatoms. The first-order chi connectivity index (χ1) is 29.1. The lowest BCUT2D eigenvalue weighted by Gasteiger charge is -2.29. The van der Waals surface area contributed by atoms with E-state index in [2.05, 4.69) is 253 Å². The summed E-state index contributed by atoms with van der Waals surface area (Å²) in [6.07, 6.45) is 0. The molecular formula is C56H43N3. The van der Waals surface area contributed by atoms with Gasteiger partial charge in [0.1, 0.15) is 0 Å². The summed E-state index contributed by atoms with van der Waals surface area (Å²) in [5.41, 5.74) is 17.5. The van der Waals surface area contributed by atoms with Crippen LogP contribution in [0.15, 0.2) is 224 Å². The fraction of sp³-hybridized carbons (Fsp3) is 0.0357. The molecule has 0 aliphatic heterocycles. The smallest absolute Gasteiger partial charge is 0.0547 e. The predicted octanol–water partition coefficient (Wildman–Crippen LogP) is 15.7. The molecule has 1 heterocycles. The second-order valence-corrected chi connectivity index (χ2v) is 15.1. The lowest BCUT2D eigenvalue weighted by atomic mass is 9.95. The summed E-state index contributed by atoms with van der Waals surface area (Å²) in [6.45, 7) is 4.44. The molecule has 0 saturated carbocycles. The first kappa shape index (κ1) is 35.8. The van der Waals surface area contributed by atoms with Crippen molar-refractivity contribution in [1.82, 2.24) is 4.57 Å². The first-order valence-electron chi connectivity index (χ1n) is 20.3. The molecule has 0 aliphatic carbocycles. The van der Waals surface area contributed by atoms with Crippen molar-refractivity contribution in [2.24, 2.45) is 0 Å². The molecular weight excluding hydrogens is 715 g/mol. The van der Waals surface area contributed by atoms with Crippen LogP contribution >= 0.6 is 0 Å². The molecule has 59 heavy (non-hydrogen) atoms. The SMILES string of the molecule is Cc1ccccc1-c1cc2c(cc1C)c1cc(N(c3ccccc3)c3cccc(-c4ccccc4N(c4ccccc4)c4ccccc4)c3)ccc1n2-c1ccccc1. The first-order valence-corrected chi connectivity index (χ1v) is 20.3. The predicted molar refractivity (Wildman–Crippen MR) is 250 cm³/mol. The molecule has 0 aliphatic rings. The van der Waals surface area contributed by atoms with Gasteiger partial charge in [-0.2, -0.15) is 0 Å². The van der Waals surface area contributed by atoms with Crippen molar-refractivity contribution in [2.45, 2.75) is 13.8 Å². The molecule has 0 fully saturated rings. The van der Waals surface area contributed by atoms with E-state index in [1.54, 1.807) is 0 Å². The van der Waals surface area contributed by atoms with Gasteiger partial charge < -0.3 is 14.4 Å². The highest BCUT2D eigenvalue weighted by Crippen LogP contribution is 2.45. The molecule has 10 aromatic rings. The third kappa shape index (κ3) is 6.63. The number of hydrogen-bond donors (Lipinski definition) is 0. The maximum Gasteiger partial charge on any atom is 0.0547 e. The number of rotatable bonds is 9. The summed E-state index contributed by atoms with van der Waals surface area (Å²) in [6, 6.07) is 80.8. The third-order valence-electron chi connectivity index (χ3n) is 11.4. The van der Waals surface area contributed by atoms with Gasteiger partial charge in [-0.15, -0.1) is 0 Å². The van der Waals surface area contributed by atoms with Crippen LogP contribution in [0.3, 0.4) is 0 Å². The number of aryl methyl sites for hydroxylation is 2. The van der Waals surface area contributed by atoms with E-state index in [1.165, 1.54) is 44.1 Å². The molecule has 0 unspecified atom stereocenters. The van der Waals surface area contributed by atoms with Gasteiger partial charge in [-0.1, -0.05) is 127 Å². The van der Waals surface area contributed by atoms with E-state index in [4.69, 9.17) is 0 Å². The molecule has 0 spiro atoms. The maximum absolute atomic E-state index is 2.42. The Labute approximate surface area is 346 Å². The zero-order valence-electron chi connectivity index (χ0n) is 33.2. The van der Waals surface area contributed by atoms with E-state index in [0.717, 1.165) is 50.9 Å². The van der Waals surface area contributed by atoms with Crippen molar-refractivity contribution in [3.8, 4) is 27.9 Å². The Morgan fingerprint density at radius 1 is 0.322 bits per heavy atom. The van der Waals surface area contributed by atoms with Crippen LogP contribution in [-0.4, -0.2) is 4.57 Å². The summed E-state index contributed by atoms with van der Waals surface area (Å²) < 4.78 is 2.42. The van der Waals surface area contributed by atoms with Crippen molar-refractivity contribution in [2.75, 3.05) is 9.80 Å². The van der Waals surface area contributed by atoms with Crippen LogP contribution in [0.4, 0.5) is 34.1 Å². The molecule has 9 aromatic carbocycles. The van der Waals surface area contributed by atoms with Gasteiger partial charge in [0.05, 0.1) is 16.7 Å². The largest absolute Gasteiger partial charge is 0.310 e. The monoisotopic (exact) mass is 757 g/mol. The zero-order chi connectivity index (χ0) is 39.7. The molecule has 0 radical (unpaired) electrons. The molecule has 0 bridgehead atoms. The molecule has 0 amide bonds. The normalized spacial score (nSPS) is 11.2. The molecule has 0 N–H and O–H groups in total. The number of anilines is 6. The van der Waals surface area contributed by atoms with Crippen LogP contribution in [0.1, 0.15) is 11.1 Å². The number of para-hydroxylation sites is 5. The average Bonchev–Trinajstić information content (AvgIpc) is 3.60. The Balaban J connectivity index is 1.15. The van der Waals surface area contributed by atoms with Crippen molar-refractivity contribution in [3.05, 3.63) is 236 Å². The minimum absolute atomic E-state index is 1.08. The highest BCUT2D eigenvalue weighted by atomic mass is 15.2. The summed E-state index contributed by atoms with van der Waals surface area (Å²) in [5, 5.41) is 2.45. The number of fused-ring (bicyclic) bond motifs is 3. The summed E-state index contributed by atoms with van der Waals surface area (Å²) in [7, 11) is 0. The van der Waals surface area contributed by atoms with Crippen LogP contribution in [0.5, 0.6) is 0 Å². The van der Waals surface area contributed by atoms with Crippen LogP contribution in [-0.2, 0) is 0 Å². The Morgan fingerprint density at radius 3 is 1.51 bits per heavy atom. The van der Waals surface area contributed by atoms with Gasteiger partial charge in [0, 0.05) is 50.5 Å². The van der Waals surface area contributed by atoms with Crippen LogP contribution in [0, 0.1) is 13.8 Å². The quantitative estimate of drug-likeness (QED) is 0.145. The van der Waals surface area contributed by atoms with Crippen molar-refractivity contribution < 1.29 is 0 Å². The topological polar surface area (TPSA) is 11.4 Å². The summed E-state index contributed by atoms with van der Waals surface area (Å²) >= 11 is 0. The van der Waals surface area contributed by atoms with Crippen LogP contribution < -0.4 is 9.80 Å². The molecule has 10 rings (SSSR count). The highest BCUT2D eigenvalue weighted by Gasteiger charge is 2.21. The molecule has 1 aromatic heterocycles. The van der Waals surface area contributed by atoms with Crippen LogP contribution in [0.25, 0.3) is 49.7 Å². The Morgan fingerprint density at radius 2 is 0.847 bits per heavy atom. The minimum Gasteiger partial charge on any atom is -0.310 e. The Kier molecular flexibility index (Phi) is 9.32. The van der Waals surface area contributed by atoms with Crippen molar-refractivity contribution >= 4 is 55.9 Å². The van der Waals surface area contributed by atoms with Gasteiger partial charge in [0.15, 0.2) is 0 Å². The van der Waals surface area contributed by atoms with Crippen molar-refractivity contribution in [1.29, 1.82) is 0 Å².